The maximum atomic E-state index is 13.0. The summed E-state index contributed by atoms with van der Waals surface area (Å²) in [6.07, 6.45) is 3.05. The van der Waals surface area contributed by atoms with Gasteiger partial charge < -0.3 is 9.64 Å². The van der Waals surface area contributed by atoms with E-state index >= 15 is 0 Å². The number of fused-ring (bicyclic) bond motifs is 1. The highest BCUT2D eigenvalue weighted by molar-refractivity contribution is 7.10. The molecule has 0 radical (unpaired) electrons. The summed E-state index contributed by atoms with van der Waals surface area (Å²) in [5, 5.41) is 9.07. The minimum atomic E-state index is -0.248. The monoisotopic (exact) mass is 346 g/mol. The number of hydrogen-bond donors (Lipinski definition) is 1. The number of aryl methyl sites for hydroxylation is 1. The summed E-state index contributed by atoms with van der Waals surface area (Å²) in [6.45, 7) is 5.81. The van der Waals surface area contributed by atoms with Crippen LogP contribution in [0.2, 0.25) is 0 Å². The van der Waals surface area contributed by atoms with Crippen LogP contribution >= 0.6 is 11.3 Å². The molecule has 1 N–H and O–H groups in total. The summed E-state index contributed by atoms with van der Waals surface area (Å²) in [5.41, 5.74) is 2.17. The fourth-order valence-corrected chi connectivity index (χ4v) is 4.76. The van der Waals surface area contributed by atoms with Gasteiger partial charge in [0.2, 0.25) is 0 Å². The van der Waals surface area contributed by atoms with Gasteiger partial charge in [-0.3, -0.25) is 9.89 Å². The average molecular weight is 346 g/mol. The lowest BCUT2D eigenvalue weighted by Gasteiger charge is -2.32. The Kier molecular flexibility index (Phi) is 4.14. The number of rotatable bonds is 2. The van der Waals surface area contributed by atoms with Crippen molar-refractivity contribution in [3.05, 3.63) is 33.0 Å². The molecule has 24 heavy (non-hydrogen) atoms. The third kappa shape index (κ3) is 2.86. The van der Waals surface area contributed by atoms with Crippen molar-refractivity contribution in [2.75, 3.05) is 19.7 Å². The van der Waals surface area contributed by atoms with Gasteiger partial charge in [-0.2, -0.15) is 5.10 Å². The lowest BCUT2D eigenvalue weighted by atomic mass is 9.88. The SMILES string of the molecule is Cc1nc([C@H]2CN(C(=O)c3csc4c3CC[C@@H](C)C4)CCO2)n[nH]1. The molecule has 4 rings (SSSR count). The van der Waals surface area contributed by atoms with E-state index in [0.29, 0.717) is 25.5 Å². The van der Waals surface area contributed by atoms with Crippen molar-refractivity contribution in [1.29, 1.82) is 0 Å². The second kappa shape index (κ2) is 6.29. The number of thiophene rings is 1. The van der Waals surface area contributed by atoms with Crippen molar-refractivity contribution >= 4 is 17.2 Å². The van der Waals surface area contributed by atoms with Gasteiger partial charge in [-0.25, -0.2) is 4.98 Å². The van der Waals surface area contributed by atoms with Crippen LogP contribution in [-0.2, 0) is 17.6 Å². The number of aromatic amines is 1. The Bertz CT molecular complexity index is 754. The number of aromatic nitrogens is 3. The quantitative estimate of drug-likeness (QED) is 0.907. The molecule has 0 unspecified atom stereocenters. The Labute approximate surface area is 145 Å². The molecule has 2 aromatic heterocycles. The molecule has 1 saturated heterocycles. The van der Waals surface area contributed by atoms with Gasteiger partial charge in [0.15, 0.2) is 5.82 Å². The van der Waals surface area contributed by atoms with Crippen LogP contribution in [0.15, 0.2) is 5.38 Å². The predicted octanol–water partition coefficient (Wildman–Crippen LogP) is 2.51. The van der Waals surface area contributed by atoms with E-state index < -0.39 is 0 Å². The zero-order chi connectivity index (χ0) is 16.7. The Balaban J connectivity index is 1.52. The first kappa shape index (κ1) is 15.8. The highest BCUT2D eigenvalue weighted by Gasteiger charge is 2.31. The molecule has 2 aliphatic rings. The second-order valence-electron chi connectivity index (χ2n) is 6.79. The van der Waals surface area contributed by atoms with Crippen LogP contribution in [0.25, 0.3) is 0 Å². The van der Waals surface area contributed by atoms with Crippen LogP contribution in [0.3, 0.4) is 0 Å². The summed E-state index contributed by atoms with van der Waals surface area (Å²) in [7, 11) is 0. The van der Waals surface area contributed by atoms with Gasteiger partial charge in [-0.1, -0.05) is 6.92 Å². The van der Waals surface area contributed by atoms with Crippen molar-refractivity contribution in [3.63, 3.8) is 0 Å². The fraction of sp³-hybridized carbons (Fsp3) is 0.588. The Hall–Kier alpha value is -1.73. The summed E-state index contributed by atoms with van der Waals surface area (Å²) in [5.74, 6) is 2.24. The van der Waals surface area contributed by atoms with E-state index in [1.807, 2.05) is 17.2 Å². The van der Waals surface area contributed by atoms with Gasteiger partial charge in [-0.05, 0) is 37.7 Å². The molecule has 3 heterocycles. The molecule has 128 valence electrons. The molecule has 1 amide bonds. The molecule has 0 aromatic carbocycles. The summed E-state index contributed by atoms with van der Waals surface area (Å²) >= 11 is 1.74. The largest absolute Gasteiger partial charge is 0.366 e. The molecule has 0 bridgehead atoms. The first-order chi connectivity index (χ1) is 11.6. The maximum absolute atomic E-state index is 13.0. The third-order valence-corrected chi connectivity index (χ3v) is 5.94. The summed E-state index contributed by atoms with van der Waals surface area (Å²) < 4.78 is 5.77. The maximum Gasteiger partial charge on any atom is 0.255 e. The topological polar surface area (TPSA) is 71.1 Å². The number of nitrogens with one attached hydrogen (secondary N) is 1. The van der Waals surface area contributed by atoms with Crippen molar-refractivity contribution in [3.8, 4) is 0 Å². The number of hydrogen-bond acceptors (Lipinski definition) is 5. The minimum Gasteiger partial charge on any atom is -0.366 e. The van der Waals surface area contributed by atoms with Crippen molar-refractivity contribution in [1.82, 2.24) is 20.1 Å². The minimum absolute atomic E-state index is 0.127. The van der Waals surface area contributed by atoms with Crippen LogP contribution in [0, 0.1) is 12.8 Å². The van der Waals surface area contributed by atoms with E-state index in [9.17, 15) is 4.79 Å². The molecule has 7 heteroatoms. The molecule has 1 aliphatic carbocycles. The predicted molar refractivity (Wildman–Crippen MR) is 91.2 cm³/mol. The summed E-state index contributed by atoms with van der Waals surface area (Å²) in [6, 6.07) is 0. The van der Waals surface area contributed by atoms with E-state index in [-0.39, 0.29) is 12.0 Å². The molecule has 0 spiro atoms. The Morgan fingerprint density at radius 3 is 3.17 bits per heavy atom. The number of carbonyl (C=O) groups excluding carboxylic acids is 1. The highest BCUT2D eigenvalue weighted by atomic mass is 32.1. The number of ether oxygens (including phenoxy) is 1. The average Bonchev–Trinajstić information content (AvgIpc) is 3.20. The normalized spacial score (nSPS) is 24.0. The van der Waals surface area contributed by atoms with E-state index in [0.717, 1.165) is 30.1 Å². The van der Waals surface area contributed by atoms with Crippen molar-refractivity contribution in [2.45, 2.75) is 39.2 Å². The second-order valence-corrected chi connectivity index (χ2v) is 7.75. The third-order valence-electron chi connectivity index (χ3n) is 4.89. The van der Waals surface area contributed by atoms with Crippen molar-refractivity contribution < 1.29 is 9.53 Å². The number of amides is 1. The molecular weight excluding hydrogens is 324 g/mol. The number of carbonyl (C=O) groups is 1. The fourth-order valence-electron chi connectivity index (χ4n) is 3.52. The smallest absolute Gasteiger partial charge is 0.255 e. The van der Waals surface area contributed by atoms with Crippen LogP contribution in [0.4, 0.5) is 0 Å². The standard InChI is InChI=1S/C17H22N4O2S/c1-10-3-4-12-13(9-24-15(12)7-10)17(22)21-5-6-23-14(8-21)16-18-11(2)19-20-16/h9-10,14H,3-8H2,1-2H3,(H,18,19,20)/t10-,14-/m1/s1. The number of nitrogens with zero attached hydrogens (tertiary/aromatic N) is 3. The molecular formula is C17H22N4O2S. The lowest BCUT2D eigenvalue weighted by Crippen LogP contribution is -2.42. The van der Waals surface area contributed by atoms with Gasteiger partial charge in [0.25, 0.3) is 5.91 Å². The zero-order valence-corrected chi connectivity index (χ0v) is 14.9. The van der Waals surface area contributed by atoms with Gasteiger partial charge in [0, 0.05) is 16.8 Å². The van der Waals surface area contributed by atoms with E-state index in [1.54, 1.807) is 11.3 Å². The first-order valence-electron chi connectivity index (χ1n) is 8.51. The van der Waals surface area contributed by atoms with Crippen LogP contribution in [0.5, 0.6) is 0 Å². The van der Waals surface area contributed by atoms with E-state index in [1.165, 1.54) is 16.9 Å². The summed E-state index contributed by atoms with van der Waals surface area (Å²) in [4.78, 5) is 20.7. The highest BCUT2D eigenvalue weighted by Crippen LogP contribution is 2.34. The lowest BCUT2D eigenvalue weighted by molar-refractivity contribution is -0.0267. The van der Waals surface area contributed by atoms with Crippen LogP contribution in [-0.4, -0.2) is 45.7 Å². The van der Waals surface area contributed by atoms with Crippen LogP contribution < -0.4 is 0 Å². The van der Waals surface area contributed by atoms with Gasteiger partial charge in [-0.15, -0.1) is 11.3 Å². The molecule has 2 aromatic rings. The van der Waals surface area contributed by atoms with Gasteiger partial charge in [0.05, 0.1) is 18.7 Å². The van der Waals surface area contributed by atoms with Crippen LogP contribution in [0.1, 0.15) is 51.9 Å². The van der Waals surface area contributed by atoms with Gasteiger partial charge >= 0.3 is 0 Å². The van der Waals surface area contributed by atoms with Crippen molar-refractivity contribution in [2.24, 2.45) is 5.92 Å². The molecule has 6 nitrogen and oxygen atoms in total. The molecule has 1 aliphatic heterocycles. The zero-order valence-electron chi connectivity index (χ0n) is 14.0. The van der Waals surface area contributed by atoms with Gasteiger partial charge in [0.1, 0.15) is 11.9 Å². The Morgan fingerprint density at radius 2 is 2.38 bits per heavy atom. The molecule has 2 atom stereocenters. The van der Waals surface area contributed by atoms with E-state index in [4.69, 9.17) is 4.74 Å². The molecule has 0 saturated carbocycles. The first-order valence-corrected chi connectivity index (χ1v) is 9.39. The van der Waals surface area contributed by atoms with E-state index in [2.05, 4.69) is 22.1 Å². The Morgan fingerprint density at radius 1 is 1.50 bits per heavy atom. The molecule has 1 fully saturated rings. The number of morpholine rings is 1. The number of H-pyrrole nitrogens is 1.